The molecule has 0 atom stereocenters. The van der Waals surface area contributed by atoms with Crippen LogP contribution in [0.5, 0.6) is 17.2 Å². The van der Waals surface area contributed by atoms with Crippen molar-refractivity contribution in [2.45, 2.75) is 31.4 Å². The molecule has 0 saturated carbocycles. The number of para-hydroxylation sites is 2. The Labute approximate surface area is 165 Å². The molecule has 0 amide bonds. The molecule has 0 aliphatic carbocycles. The average Bonchev–Trinajstić information content (AvgIpc) is 2.71. The number of benzene rings is 2. The van der Waals surface area contributed by atoms with E-state index in [9.17, 15) is 4.79 Å². The van der Waals surface area contributed by atoms with Gasteiger partial charge in [-0.2, -0.15) is 0 Å². The lowest BCUT2D eigenvalue weighted by Gasteiger charge is -2.41. The number of hydrogen-bond donors (Lipinski definition) is 0. The van der Waals surface area contributed by atoms with Crippen molar-refractivity contribution in [3.63, 3.8) is 0 Å². The third-order valence-electron chi connectivity index (χ3n) is 5.43. The number of carbonyl (C=O) groups excluding carboxylic acids is 1. The van der Waals surface area contributed by atoms with Crippen molar-refractivity contribution in [2.75, 3.05) is 20.2 Å². The van der Waals surface area contributed by atoms with Crippen molar-refractivity contribution in [2.24, 2.45) is 0 Å². The maximum Gasteiger partial charge on any atom is 0.330 e. The van der Waals surface area contributed by atoms with Gasteiger partial charge in [-0.15, -0.1) is 0 Å². The van der Waals surface area contributed by atoms with Crippen LogP contribution in [0.15, 0.2) is 60.7 Å². The Kier molecular flexibility index (Phi) is 5.35. The van der Waals surface area contributed by atoms with Gasteiger partial charge in [-0.05, 0) is 29.8 Å². The van der Waals surface area contributed by atoms with Crippen LogP contribution in [0.2, 0.25) is 0 Å². The Balaban J connectivity index is 1.38. The maximum atomic E-state index is 11.6. The third kappa shape index (κ3) is 4.20. The molecule has 1 saturated heterocycles. The Morgan fingerprint density at radius 1 is 1.07 bits per heavy atom. The summed E-state index contributed by atoms with van der Waals surface area (Å²) >= 11 is 0. The number of piperidine rings is 1. The van der Waals surface area contributed by atoms with Gasteiger partial charge in [0.2, 0.25) is 0 Å². The minimum absolute atomic E-state index is 0.208. The molecule has 0 aromatic heterocycles. The first kappa shape index (κ1) is 18.6. The number of methoxy groups -OCH3 is 1. The van der Waals surface area contributed by atoms with Crippen LogP contribution in [-0.4, -0.2) is 36.7 Å². The van der Waals surface area contributed by atoms with E-state index in [4.69, 9.17) is 14.2 Å². The molecule has 5 nitrogen and oxygen atoms in total. The van der Waals surface area contributed by atoms with E-state index in [0.29, 0.717) is 11.5 Å². The van der Waals surface area contributed by atoms with Gasteiger partial charge >= 0.3 is 5.97 Å². The molecular weight excluding hydrogens is 354 g/mol. The SMILES string of the molecule is COc1ccccc1Oc1cccc(CN2CCC3(CC=CC(=O)O3)CC2)c1. The first-order chi connectivity index (χ1) is 13.7. The zero-order valence-electron chi connectivity index (χ0n) is 16.1. The molecule has 2 aliphatic rings. The highest BCUT2D eigenvalue weighted by Crippen LogP contribution is 2.34. The summed E-state index contributed by atoms with van der Waals surface area (Å²) in [6.07, 6.45) is 6.06. The van der Waals surface area contributed by atoms with Gasteiger partial charge in [0.05, 0.1) is 7.11 Å². The van der Waals surface area contributed by atoms with Crippen molar-refractivity contribution >= 4 is 5.97 Å². The minimum atomic E-state index is -0.294. The molecule has 1 fully saturated rings. The van der Waals surface area contributed by atoms with Gasteiger partial charge in [-0.3, -0.25) is 4.90 Å². The normalized spacial score (nSPS) is 18.7. The average molecular weight is 379 g/mol. The predicted molar refractivity (Wildman–Crippen MR) is 107 cm³/mol. The van der Waals surface area contributed by atoms with Crippen LogP contribution in [-0.2, 0) is 16.1 Å². The van der Waals surface area contributed by atoms with Crippen LogP contribution in [0.1, 0.15) is 24.8 Å². The number of esters is 1. The zero-order valence-corrected chi connectivity index (χ0v) is 16.1. The number of nitrogens with zero attached hydrogens (tertiary/aromatic N) is 1. The summed E-state index contributed by atoms with van der Waals surface area (Å²) in [7, 11) is 1.64. The largest absolute Gasteiger partial charge is 0.493 e. The molecule has 0 bridgehead atoms. The van der Waals surface area contributed by atoms with Crippen LogP contribution in [0.3, 0.4) is 0 Å². The molecule has 0 unspecified atom stereocenters. The van der Waals surface area contributed by atoms with Gasteiger partial charge in [-0.1, -0.05) is 30.3 Å². The first-order valence-electron chi connectivity index (χ1n) is 9.67. The highest BCUT2D eigenvalue weighted by molar-refractivity contribution is 5.83. The third-order valence-corrected chi connectivity index (χ3v) is 5.43. The summed E-state index contributed by atoms with van der Waals surface area (Å²) in [6.45, 7) is 2.68. The molecule has 2 heterocycles. The van der Waals surface area contributed by atoms with E-state index in [2.05, 4.69) is 17.0 Å². The van der Waals surface area contributed by atoms with E-state index in [-0.39, 0.29) is 11.6 Å². The Morgan fingerprint density at radius 3 is 2.61 bits per heavy atom. The van der Waals surface area contributed by atoms with Crippen molar-refractivity contribution < 1.29 is 19.0 Å². The Hall–Kier alpha value is -2.79. The molecule has 146 valence electrons. The lowest BCUT2D eigenvalue weighted by molar-refractivity contribution is -0.160. The van der Waals surface area contributed by atoms with Gasteiger partial charge < -0.3 is 14.2 Å². The summed E-state index contributed by atoms with van der Waals surface area (Å²) in [6, 6.07) is 15.8. The maximum absolute atomic E-state index is 11.6. The monoisotopic (exact) mass is 379 g/mol. The fourth-order valence-corrected chi connectivity index (χ4v) is 3.88. The van der Waals surface area contributed by atoms with E-state index in [1.807, 2.05) is 42.5 Å². The molecule has 2 aliphatic heterocycles. The van der Waals surface area contributed by atoms with Gasteiger partial charge in [0, 0.05) is 45.0 Å². The van der Waals surface area contributed by atoms with Crippen LogP contribution >= 0.6 is 0 Å². The second kappa shape index (κ2) is 8.07. The highest BCUT2D eigenvalue weighted by atomic mass is 16.6. The van der Waals surface area contributed by atoms with Gasteiger partial charge in [0.15, 0.2) is 11.5 Å². The van der Waals surface area contributed by atoms with E-state index in [1.54, 1.807) is 7.11 Å². The standard InChI is InChI=1S/C23H25NO4/c1-26-20-8-2-3-9-21(20)27-19-7-4-6-18(16-19)17-24-14-12-23(13-15-24)11-5-10-22(25)28-23/h2-10,16H,11-15,17H2,1H3. The second-order valence-electron chi connectivity index (χ2n) is 7.39. The molecule has 4 rings (SSSR count). The molecule has 1 spiro atoms. The summed E-state index contributed by atoms with van der Waals surface area (Å²) in [5, 5.41) is 0. The zero-order chi connectivity index (χ0) is 19.4. The fourth-order valence-electron chi connectivity index (χ4n) is 3.88. The number of rotatable bonds is 5. The van der Waals surface area contributed by atoms with E-state index < -0.39 is 0 Å². The van der Waals surface area contributed by atoms with Crippen LogP contribution in [0.25, 0.3) is 0 Å². The lowest BCUT2D eigenvalue weighted by atomic mass is 9.86. The predicted octanol–water partition coefficient (Wildman–Crippen LogP) is 4.33. The van der Waals surface area contributed by atoms with Gasteiger partial charge in [0.25, 0.3) is 0 Å². The van der Waals surface area contributed by atoms with Crippen molar-refractivity contribution in [1.82, 2.24) is 4.90 Å². The summed E-state index contributed by atoms with van der Waals surface area (Å²) < 4.78 is 17.0. The fraction of sp³-hybridized carbons (Fsp3) is 0.348. The number of hydrogen-bond acceptors (Lipinski definition) is 5. The molecular formula is C23H25NO4. The molecule has 0 N–H and O–H groups in total. The highest BCUT2D eigenvalue weighted by Gasteiger charge is 2.38. The first-order valence-corrected chi connectivity index (χ1v) is 9.67. The van der Waals surface area contributed by atoms with Crippen molar-refractivity contribution in [1.29, 1.82) is 0 Å². The summed E-state index contributed by atoms with van der Waals surface area (Å²) in [5.74, 6) is 2.00. The molecule has 0 radical (unpaired) electrons. The van der Waals surface area contributed by atoms with Crippen LogP contribution < -0.4 is 9.47 Å². The van der Waals surface area contributed by atoms with E-state index >= 15 is 0 Å². The smallest absolute Gasteiger partial charge is 0.330 e. The summed E-state index contributed by atoms with van der Waals surface area (Å²) in [4.78, 5) is 14.0. The molecule has 5 heteroatoms. The van der Waals surface area contributed by atoms with Crippen LogP contribution in [0, 0.1) is 0 Å². The molecule has 28 heavy (non-hydrogen) atoms. The second-order valence-corrected chi connectivity index (χ2v) is 7.39. The number of carbonyl (C=O) groups is 1. The Bertz CT molecular complexity index is 868. The molecule has 2 aromatic carbocycles. The topological polar surface area (TPSA) is 48.0 Å². The van der Waals surface area contributed by atoms with Crippen molar-refractivity contribution in [3.05, 3.63) is 66.2 Å². The quantitative estimate of drug-likeness (QED) is 0.724. The van der Waals surface area contributed by atoms with Crippen molar-refractivity contribution in [3.8, 4) is 17.2 Å². The van der Waals surface area contributed by atoms with Gasteiger partial charge in [-0.25, -0.2) is 4.79 Å². The van der Waals surface area contributed by atoms with E-state index in [0.717, 1.165) is 44.6 Å². The number of ether oxygens (including phenoxy) is 3. The lowest BCUT2D eigenvalue weighted by Crippen LogP contribution is -2.47. The Morgan fingerprint density at radius 2 is 1.86 bits per heavy atom. The molecule has 2 aromatic rings. The minimum Gasteiger partial charge on any atom is -0.493 e. The van der Waals surface area contributed by atoms with Crippen LogP contribution in [0.4, 0.5) is 0 Å². The summed E-state index contributed by atoms with van der Waals surface area (Å²) in [5.41, 5.74) is 0.904. The number of likely N-dealkylation sites (tertiary alicyclic amines) is 1. The van der Waals surface area contributed by atoms with Gasteiger partial charge in [0.1, 0.15) is 11.4 Å². The van der Waals surface area contributed by atoms with E-state index in [1.165, 1.54) is 11.6 Å².